The zero-order chi connectivity index (χ0) is 16.0. The maximum absolute atomic E-state index is 5.59. The van der Waals surface area contributed by atoms with Gasteiger partial charge in [-0.2, -0.15) is 0 Å². The minimum Gasteiger partial charge on any atom is -0.265 e. The Morgan fingerprint density at radius 2 is 1.24 bits per heavy atom. The summed E-state index contributed by atoms with van der Waals surface area (Å²) >= 11 is -3.40. The maximum Gasteiger partial charge on any atom is 0.0267 e. The van der Waals surface area contributed by atoms with Gasteiger partial charge in [-0.1, -0.05) is 12.1 Å². The molecule has 116 valence electrons. The Balaban J connectivity index is 0.000000293. The zero-order valence-electron chi connectivity index (χ0n) is 12.0. The molecule has 21 heavy (non-hydrogen) atoms. The fraction of sp³-hybridized carbons (Fsp3) is 0.286. The minimum atomic E-state index is -3.40. The fourth-order valence-corrected chi connectivity index (χ4v) is 6.78. The Morgan fingerprint density at radius 3 is 1.33 bits per heavy atom. The second-order valence-electron chi connectivity index (χ2n) is 3.84. The van der Waals surface area contributed by atoms with E-state index in [-0.39, 0.29) is 6.04 Å². The van der Waals surface area contributed by atoms with Crippen LogP contribution in [0.5, 0.6) is 0 Å². The predicted molar refractivity (Wildman–Crippen MR) is 88.2 cm³/mol. The average Bonchev–Trinajstić information content (AvgIpc) is 2.50. The molecule has 1 unspecified atom stereocenters. The van der Waals surface area contributed by atoms with Crippen LogP contribution in [0, 0.1) is 0 Å². The quantitative estimate of drug-likeness (QED) is 0.510. The number of aromatic nitrogens is 2. The summed E-state index contributed by atoms with van der Waals surface area (Å²) in [6, 6.07) is 11.6. The van der Waals surface area contributed by atoms with Crippen molar-refractivity contribution in [1.82, 2.24) is 9.97 Å². The van der Waals surface area contributed by atoms with E-state index in [4.69, 9.17) is 27.6 Å². The van der Waals surface area contributed by atoms with Crippen LogP contribution in [-0.2, 0) is 13.7 Å². The van der Waals surface area contributed by atoms with E-state index < -0.39 is 13.7 Å². The third-order valence-corrected chi connectivity index (χ3v) is 6.55. The van der Waals surface area contributed by atoms with Crippen LogP contribution in [0.4, 0.5) is 0 Å². The monoisotopic (exact) mass is 515 g/mol. The second-order valence-corrected chi connectivity index (χ2v) is 23.9. The largest absolute Gasteiger partial charge is 0.265 e. The van der Waals surface area contributed by atoms with Crippen molar-refractivity contribution in [2.45, 2.75) is 26.3 Å². The maximum atomic E-state index is 5.59. The van der Waals surface area contributed by atoms with Crippen molar-refractivity contribution < 1.29 is 13.7 Å². The molecule has 0 saturated carbocycles. The van der Waals surface area contributed by atoms with Gasteiger partial charge in [-0.05, 0) is 24.3 Å². The van der Waals surface area contributed by atoms with Gasteiger partial charge in [-0.25, -0.2) is 0 Å². The Hall–Kier alpha value is -0.290. The van der Waals surface area contributed by atoms with E-state index in [1.807, 2.05) is 50.2 Å². The van der Waals surface area contributed by atoms with Gasteiger partial charge in [-0.15, -0.1) is 0 Å². The van der Waals surface area contributed by atoms with E-state index in [0.717, 1.165) is 6.42 Å². The molecule has 0 aliphatic heterocycles. The van der Waals surface area contributed by atoms with Gasteiger partial charge in [0.15, 0.2) is 0 Å². The number of halogens is 3. The Kier molecular flexibility index (Phi) is 13.2. The molecule has 0 N–H and O–H groups in total. The molecule has 0 spiro atoms. The first-order chi connectivity index (χ1) is 9.95. The Morgan fingerprint density at radius 1 is 0.857 bits per heavy atom. The summed E-state index contributed by atoms with van der Waals surface area (Å²) in [7, 11) is 16.8. The summed E-state index contributed by atoms with van der Waals surface area (Å²) in [5.74, 6) is 0. The molecule has 0 saturated heterocycles. The number of nitrogens with zero attached hydrogens (tertiary/aromatic N) is 3. The van der Waals surface area contributed by atoms with Crippen LogP contribution in [0.1, 0.15) is 20.3 Å². The van der Waals surface area contributed by atoms with Crippen molar-refractivity contribution in [2.24, 2.45) is 3.34 Å². The van der Waals surface area contributed by atoms with Gasteiger partial charge in [0.05, 0.1) is 0 Å². The predicted octanol–water partition coefficient (Wildman–Crippen LogP) is 5.75. The van der Waals surface area contributed by atoms with Gasteiger partial charge in [-0.3, -0.25) is 9.97 Å². The summed E-state index contributed by atoms with van der Waals surface area (Å²) in [4.78, 5) is 7.57. The van der Waals surface area contributed by atoms with Crippen LogP contribution in [-0.4, -0.2) is 16.0 Å². The molecule has 7 heteroatoms. The molecule has 1 atom stereocenters. The van der Waals surface area contributed by atoms with Crippen molar-refractivity contribution in [3.8, 4) is 0 Å². The fourth-order valence-electron chi connectivity index (χ4n) is 0.930. The van der Waals surface area contributed by atoms with E-state index >= 15 is 0 Å². The van der Waals surface area contributed by atoms with E-state index in [2.05, 4.69) is 13.3 Å². The van der Waals surface area contributed by atoms with Crippen molar-refractivity contribution in [3.05, 3.63) is 61.2 Å². The topological polar surface area (TPSA) is 38.1 Å². The van der Waals surface area contributed by atoms with E-state index in [9.17, 15) is 0 Å². The smallest absolute Gasteiger partial charge is 0.0267 e. The van der Waals surface area contributed by atoms with Gasteiger partial charge in [0.1, 0.15) is 0 Å². The molecule has 0 aliphatic carbocycles. The van der Waals surface area contributed by atoms with Crippen molar-refractivity contribution in [3.63, 3.8) is 0 Å². The molecule has 0 fully saturated rings. The van der Waals surface area contributed by atoms with E-state index in [1.165, 1.54) is 0 Å². The van der Waals surface area contributed by atoms with E-state index in [1.54, 1.807) is 24.8 Å². The summed E-state index contributed by atoms with van der Waals surface area (Å²) < 4.78 is 4.04. The SMILES string of the molecule is CCC(C)[N]=[Ta]([Cl])([Cl])[Cl].c1ccncc1.c1ccncc1. The van der Waals surface area contributed by atoms with Gasteiger partial charge in [0, 0.05) is 24.8 Å². The van der Waals surface area contributed by atoms with Crippen LogP contribution in [0.15, 0.2) is 64.5 Å². The molecule has 2 aromatic heterocycles. The van der Waals surface area contributed by atoms with Crippen LogP contribution >= 0.6 is 27.6 Å². The molecule has 0 aliphatic rings. The van der Waals surface area contributed by atoms with Crippen molar-refractivity contribution in [2.75, 3.05) is 0 Å². The van der Waals surface area contributed by atoms with Gasteiger partial charge < -0.3 is 0 Å². The molecule has 0 aromatic carbocycles. The molecule has 0 radical (unpaired) electrons. The van der Waals surface area contributed by atoms with Crippen molar-refractivity contribution in [1.29, 1.82) is 0 Å². The molecular formula is C14H19Cl3N3Ta. The normalized spacial score (nSPS) is 11.1. The summed E-state index contributed by atoms with van der Waals surface area (Å²) in [5, 5.41) is 0. The van der Waals surface area contributed by atoms with E-state index in [0.29, 0.717) is 0 Å². The van der Waals surface area contributed by atoms with Crippen LogP contribution in [0.2, 0.25) is 0 Å². The second kappa shape index (κ2) is 13.4. The number of hydrogen-bond donors (Lipinski definition) is 0. The number of hydrogen-bond acceptors (Lipinski definition) is 3. The summed E-state index contributed by atoms with van der Waals surface area (Å²) in [6.07, 6.45) is 7.95. The zero-order valence-corrected chi connectivity index (χ0v) is 17.5. The van der Waals surface area contributed by atoms with Gasteiger partial charge in [0.2, 0.25) is 0 Å². The molecule has 3 nitrogen and oxygen atoms in total. The summed E-state index contributed by atoms with van der Waals surface area (Å²) in [6.45, 7) is 3.98. The number of pyridine rings is 2. The Labute approximate surface area is 141 Å². The van der Waals surface area contributed by atoms with Crippen molar-refractivity contribution >= 4 is 27.6 Å². The van der Waals surface area contributed by atoms with Crippen LogP contribution < -0.4 is 0 Å². The molecular weight excluding hydrogens is 497 g/mol. The van der Waals surface area contributed by atoms with Gasteiger partial charge in [0.25, 0.3) is 0 Å². The average molecular weight is 517 g/mol. The third-order valence-electron chi connectivity index (χ3n) is 2.05. The molecule has 2 rings (SSSR count). The molecule has 0 amide bonds. The van der Waals surface area contributed by atoms with Gasteiger partial charge >= 0.3 is 70.9 Å². The first-order valence-corrected chi connectivity index (χ1v) is 19.7. The first-order valence-electron chi connectivity index (χ1n) is 6.36. The summed E-state index contributed by atoms with van der Waals surface area (Å²) in [5.41, 5.74) is 0. The third kappa shape index (κ3) is 17.7. The first kappa shape index (κ1) is 20.7. The van der Waals surface area contributed by atoms with Crippen LogP contribution in [0.25, 0.3) is 0 Å². The Bertz CT molecular complexity index is 398. The number of rotatable bonds is 2. The van der Waals surface area contributed by atoms with Crippen LogP contribution in [0.3, 0.4) is 0 Å². The minimum absolute atomic E-state index is 0.218. The molecule has 2 aromatic rings. The molecule has 2 heterocycles. The standard InChI is InChI=1S/2C5H5N.C4H9N.3ClH.Ta/c2*1-2-4-6-5-3-1;1-3-4(2)5;;;;/h2*1-5H;4H,3H2,1-2H3;3*1H;/q;;;;;;+3/p-3. The molecule has 0 bridgehead atoms.